The fraction of sp³-hybridized carbons (Fsp3) is 0.692. The average molecular weight is 304 g/mol. The quantitative estimate of drug-likeness (QED) is 0.776. The van der Waals surface area contributed by atoms with Crippen LogP contribution in [0.1, 0.15) is 39.0 Å². The molecule has 0 spiro atoms. The van der Waals surface area contributed by atoms with Crippen LogP contribution in [0.4, 0.5) is 0 Å². The smallest absolute Gasteiger partial charge is 0.241 e. The van der Waals surface area contributed by atoms with Gasteiger partial charge in [-0.15, -0.1) is 11.3 Å². The molecule has 0 radical (unpaired) electrons. The molecule has 1 heterocycles. The normalized spacial score (nSPS) is 12.8. The Morgan fingerprint density at radius 3 is 2.58 bits per heavy atom. The maximum Gasteiger partial charge on any atom is 0.241 e. The first-order valence-corrected chi connectivity index (χ1v) is 8.95. The van der Waals surface area contributed by atoms with Crippen LogP contribution >= 0.6 is 11.3 Å². The van der Waals surface area contributed by atoms with Crippen molar-refractivity contribution in [2.45, 2.75) is 45.6 Å². The van der Waals surface area contributed by atoms with E-state index in [-0.39, 0.29) is 5.41 Å². The largest absolute Gasteiger partial charge is 0.312 e. The van der Waals surface area contributed by atoms with Crippen LogP contribution in [0.2, 0.25) is 0 Å². The van der Waals surface area contributed by atoms with Gasteiger partial charge in [0.1, 0.15) is 0 Å². The van der Waals surface area contributed by atoms with Crippen molar-refractivity contribution in [3.8, 4) is 0 Å². The van der Waals surface area contributed by atoms with Crippen molar-refractivity contribution >= 4 is 21.4 Å². The Hall–Kier alpha value is -0.430. The van der Waals surface area contributed by atoms with Crippen molar-refractivity contribution in [2.24, 2.45) is 5.41 Å². The molecule has 6 heteroatoms. The minimum Gasteiger partial charge on any atom is -0.312 e. The fourth-order valence-electron chi connectivity index (χ4n) is 1.34. The van der Waals surface area contributed by atoms with E-state index in [1.54, 1.807) is 11.4 Å². The first kappa shape index (κ1) is 16.6. The number of sulfonamides is 1. The molecule has 0 amide bonds. The molecule has 2 N–H and O–H groups in total. The second-order valence-electron chi connectivity index (χ2n) is 5.37. The third-order valence-electron chi connectivity index (χ3n) is 3.19. The first-order chi connectivity index (χ1) is 8.80. The van der Waals surface area contributed by atoms with E-state index in [1.165, 1.54) is 11.3 Å². The molecule has 0 aliphatic carbocycles. The Morgan fingerprint density at radius 1 is 1.32 bits per heavy atom. The Kier molecular flexibility index (Phi) is 5.98. The third-order valence-corrected chi connectivity index (χ3v) is 5.65. The van der Waals surface area contributed by atoms with Gasteiger partial charge in [-0.3, -0.25) is 0 Å². The molecule has 0 saturated carbocycles. The monoisotopic (exact) mass is 304 g/mol. The van der Waals surface area contributed by atoms with Gasteiger partial charge in [0.05, 0.1) is 4.90 Å². The lowest BCUT2D eigenvalue weighted by Crippen LogP contribution is -2.33. The molecule has 4 nitrogen and oxygen atoms in total. The molecule has 19 heavy (non-hydrogen) atoms. The molecule has 0 atom stereocenters. The van der Waals surface area contributed by atoms with Crippen LogP contribution < -0.4 is 10.0 Å². The van der Waals surface area contributed by atoms with E-state index >= 15 is 0 Å². The van der Waals surface area contributed by atoms with Crippen molar-refractivity contribution < 1.29 is 8.42 Å². The molecule has 0 aromatic carbocycles. The van der Waals surface area contributed by atoms with Gasteiger partial charge in [-0.05, 0) is 24.4 Å². The molecule has 1 aromatic heterocycles. The summed E-state index contributed by atoms with van der Waals surface area (Å²) in [6.45, 7) is 10.3. The number of rotatable bonds is 8. The lowest BCUT2D eigenvalue weighted by Gasteiger charge is -2.22. The van der Waals surface area contributed by atoms with E-state index in [0.717, 1.165) is 24.4 Å². The molecule has 0 aliphatic rings. The van der Waals surface area contributed by atoms with Gasteiger partial charge in [-0.25, -0.2) is 13.1 Å². The number of hydrogen-bond acceptors (Lipinski definition) is 4. The summed E-state index contributed by atoms with van der Waals surface area (Å²) in [6.07, 6.45) is 0.935. The zero-order valence-electron chi connectivity index (χ0n) is 12.1. The van der Waals surface area contributed by atoms with E-state index < -0.39 is 10.0 Å². The van der Waals surface area contributed by atoms with E-state index in [4.69, 9.17) is 0 Å². The highest BCUT2D eigenvalue weighted by atomic mass is 32.2. The van der Waals surface area contributed by atoms with Crippen molar-refractivity contribution in [2.75, 3.05) is 13.1 Å². The molecule has 0 saturated heterocycles. The number of thiophene rings is 1. The fourth-order valence-corrected chi connectivity index (χ4v) is 3.83. The van der Waals surface area contributed by atoms with Gasteiger partial charge in [-0.2, -0.15) is 0 Å². The van der Waals surface area contributed by atoms with Crippen LogP contribution in [0, 0.1) is 5.41 Å². The van der Waals surface area contributed by atoms with Crippen molar-refractivity contribution in [1.29, 1.82) is 0 Å². The molecule has 110 valence electrons. The third kappa shape index (κ3) is 5.22. The molecular weight excluding hydrogens is 280 g/mol. The van der Waals surface area contributed by atoms with Gasteiger partial charge < -0.3 is 5.32 Å². The van der Waals surface area contributed by atoms with Gasteiger partial charge in [0.2, 0.25) is 10.0 Å². The Morgan fingerprint density at radius 2 is 2.00 bits per heavy atom. The maximum absolute atomic E-state index is 12.2. The predicted octanol–water partition coefficient (Wildman–Crippen LogP) is 2.57. The molecule has 1 aromatic rings. The summed E-state index contributed by atoms with van der Waals surface area (Å²) in [4.78, 5) is 1.41. The minimum atomic E-state index is -3.38. The van der Waals surface area contributed by atoms with E-state index in [9.17, 15) is 8.42 Å². The van der Waals surface area contributed by atoms with Gasteiger partial charge in [-0.1, -0.05) is 27.7 Å². The molecule has 0 unspecified atom stereocenters. The lowest BCUT2D eigenvalue weighted by molar-refractivity contribution is 0.350. The van der Waals surface area contributed by atoms with Crippen molar-refractivity contribution in [3.63, 3.8) is 0 Å². The zero-order valence-corrected chi connectivity index (χ0v) is 13.7. The summed E-state index contributed by atoms with van der Waals surface area (Å²) in [7, 11) is -3.38. The maximum atomic E-state index is 12.2. The summed E-state index contributed by atoms with van der Waals surface area (Å²) >= 11 is 1.47. The second-order valence-corrected chi connectivity index (χ2v) is 8.13. The van der Waals surface area contributed by atoms with Gasteiger partial charge >= 0.3 is 0 Å². The number of nitrogens with one attached hydrogen (secondary N) is 2. The highest BCUT2D eigenvalue weighted by Gasteiger charge is 2.21. The van der Waals surface area contributed by atoms with Crippen molar-refractivity contribution in [1.82, 2.24) is 10.0 Å². The van der Waals surface area contributed by atoms with Crippen LogP contribution in [-0.4, -0.2) is 21.5 Å². The highest BCUT2D eigenvalue weighted by molar-refractivity contribution is 7.89. The zero-order chi connectivity index (χ0) is 14.5. The lowest BCUT2D eigenvalue weighted by atomic mass is 9.91. The van der Waals surface area contributed by atoms with E-state index in [1.807, 2.05) is 6.92 Å². The molecule has 1 rings (SSSR count). The first-order valence-electron chi connectivity index (χ1n) is 6.58. The molecule has 0 bridgehead atoms. The Balaban J connectivity index is 2.69. The van der Waals surface area contributed by atoms with E-state index in [0.29, 0.717) is 11.4 Å². The van der Waals surface area contributed by atoms with Crippen LogP contribution in [0.15, 0.2) is 16.3 Å². The van der Waals surface area contributed by atoms with Crippen molar-refractivity contribution in [3.05, 3.63) is 16.3 Å². The summed E-state index contributed by atoms with van der Waals surface area (Å²) in [6, 6.07) is 1.74. The topological polar surface area (TPSA) is 58.2 Å². The minimum absolute atomic E-state index is 0.0182. The second kappa shape index (κ2) is 6.83. The van der Waals surface area contributed by atoms with Crippen LogP contribution in [-0.2, 0) is 16.6 Å². The van der Waals surface area contributed by atoms with Gasteiger partial charge in [0.25, 0.3) is 0 Å². The average Bonchev–Trinajstić information content (AvgIpc) is 2.84. The summed E-state index contributed by atoms with van der Waals surface area (Å²) in [5.41, 5.74) is -0.0182. The van der Waals surface area contributed by atoms with Gasteiger partial charge in [0.15, 0.2) is 0 Å². The molecule has 0 fully saturated rings. The standard InChI is InChI=1S/C13H24N2O2S2/c1-5-13(3,4)10-15-19(16,17)12-7-11(18-9-12)8-14-6-2/h7,9,14-15H,5-6,8,10H2,1-4H3. The van der Waals surface area contributed by atoms with Gasteiger partial charge in [0, 0.05) is 23.3 Å². The van der Waals surface area contributed by atoms with E-state index in [2.05, 4.69) is 30.8 Å². The Labute approximate surface area is 120 Å². The van der Waals surface area contributed by atoms with Crippen LogP contribution in [0.3, 0.4) is 0 Å². The molecular formula is C13H24N2O2S2. The van der Waals surface area contributed by atoms with Crippen LogP contribution in [0.25, 0.3) is 0 Å². The summed E-state index contributed by atoms with van der Waals surface area (Å²) in [5.74, 6) is 0. The SMILES string of the molecule is CCNCc1cc(S(=O)(=O)NCC(C)(C)CC)cs1. The number of hydrogen-bond donors (Lipinski definition) is 2. The van der Waals surface area contributed by atoms with Crippen LogP contribution in [0.5, 0.6) is 0 Å². The molecule has 0 aliphatic heterocycles. The highest BCUT2D eigenvalue weighted by Crippen LogP contribution is 2.22. The predicted molar refractivity (Wildman–Crippen MR) is 81.0 cm³/mol. The Bertz CT molecular complexity index is 492. The summed E-state index contributed by atoms with van der Waals surface area (Å²) < 4.78 is 27.0. The summed E-state index contributed by atoms with van der Waals surface area (Å²) in [5, 5.41) is 4.89.